The van der Waals surface area contributed by atoms with E-state index < -0.39 is 6.04 Å². The van der Waals surface area contributed by atoms with Crippen LogP contribution in [0, 0.1) is 0 Å². The number of carbonyl (C=O) groups is 2. The number of carbonyl (C=O) groups excluding carboxylic acids is 2. The molecule has 0 bridgehead atoms. The first kappa shape index (κ1) is 18.4. The van der Waals surface area contributed by atoms with Crippen LogP contribution >= 0.6 is 11.8 Å². The molecule has 0 aromatic heterocycles. The topological polar surface area (TPSA) is 74.1 Å². The zero-order valence-corrected chi connectivity index (χ0v) is 16.4. The van der Waals surface area contributed by atoms with Gasteiger partial charge in [-0.25, -0.2) is 4.99 Å². The number of amidine groups is 2. The molecule has 0 aliphatic carbocycles. The molecule has 1 N–H and O–H groups in total. The van der Waals surface area contributed by atoms with E-state index in [0.717, 1.165) is 16.8 Å². The van der Waals surface area contributed by atoms with Crippen LogP contribution in [0.15, 0.2) is 64.6 Å². The van der Waals surface area contributed by atoms with Gasteiger partial charge in [-0.05, 0) is 31.5 Å². The van der Waals surface area contributed by atoms with Gasteiger partial charge in [0.25, 0.3) is 5.91 Å². The molecule has 2 heterocycles. The van der Waals surface area contributed by atoms with Gasteiger partial charge in [0, 0.05) is 11.6 Å². The summed E-state index contributed by atoms with van der Waals surface area (Å²) in [6, 6.07) is 16.7. The lowest BCUT2D eigenvalue weighted by molar-refractivity contribution is -0.120. The van der Waals surface area contributed by atoms with Crippen molar-refractivity contribution in [2.45, 2.75) is 25.9 Å². The van der Waals surface area contributed by atoms with E-state index >= 15 is 0 Å². The number of fused-ring (bicyclic) bond motifs is 3. The lowest BCUT2D eigenvalue weighted by Crippen LogP contribution is -2.39. The number of para-hydroxylation sites is 1. The van der Waals surface area contributed by atoms with E-state index in [4.69, 9.17) is 4.99 Å². The number of amides is 2. The van der Waals surface area contributed by atoms with Crippen LogP contribution in [0.25, 0.3) is 0 Å². The maximum atomic E-state index is 12.8. The van der Waals surface area contributed by atoms with Crippen molar-refractivity contribution >= 4 is 40.3 Å². The summed E-state index contributed by atoms with van der Waals surface area (Å²) >= 11 is 1.32. The minimum absolute atomic E-state index is 0.0677. The molecule has 2 aliphatic rings. The van der Waals surface area contributed by atoms with Crippen LogP contribution in [0.1, 0.15) is 31.0 Å². The molecule has 28 heavy (non-hydrogen) atoms. The number of benzene rings is 2. The van der Waals surface area contributed by atoms with Gasteiger partial charge in [-0.15, -0.1) is 0 Å². The Morgan fingerprint density at radius 1 is 1.11 bits per heavy atom. The second-order valence-corrected chi connectivity index (χ2v) is 7.82. The summed E-state index contributed by atoms with van der Waals surface area (Å²) in [6.07, 6.45) is 0. The Morgan fingerprint density at radius 3 is 2.57 bits per heavy atom. The van der Waals surface area contributed by atoms with Gasteiger partial charge < -0.3 is 5.32 Å². The molecule has 7 heteroatoms. The van der Waals surface area contributed by atoms with Crippen molar-refractivity contribution in [3.05, 3.63) is 65.7 Å². The van der Waals surface area contributed by atoms with Crippen molar-refractivity contribution < 1.29 is 9.59 Å². The first-order valence-electron chi connectivity index (χ1n) is 9.11. The third-order valence-electron chi connectivity index (χ3n) is 4.40. The van der Waals surface area contributed by atoms with Gasteiger partial charge in [0.15, 0.2) is 5.17 Å². The summed E-state index contributed by atoms with van der Waals surface area (Å²) in [5, 5.41) is 3.49. The standard InChI is InChI=1S/C21H20N4O2S/c1-13(2)22-17(26)12-28-21-23-16-11-7-6-10-15(16)19-24-20(27)18(25(19)21)14-8-4-3-5-9-14/h3-11,13,18H,12H2,1-2H3,(H,22,26). The normalized spacial score (nSPS) is 17.8. The number of nitrogens with zero attached hydrogens (tertiary/aromatic N) is 3. The molecule has 0 spiro atoms. The van der Waals surface area contributed by atoms with Crippen LogP contribution in [0.2, 0.25) is 0 Å². The summed E-state index contributed by atoms with van der Waals surface area (Å²) in [6.45, 7) is 3.85. The first-order chi connectivity index (χ1) is 13.5. The second kappa shape index (κ2) is 7.59. The second-order valence-electron chi connectivity index (χ2n) is 6.88. The van der Waals surface area contributed by atoms with E-state index in [0.29, 0.717) is 11.0 Å². The van der Waals surface area contributed by atoms with Crippen molar-refractivity contribution in [1.82, 2.24) is 10.2 Å². The summed E-state index contributed by atoms with van der Waals surface area (Å²) in [7, 11) is 0. The van der Waals surface area contributed by atoms with Crippen LogP contribution in [0.5, 0.6) is 0 Å². The molecule has 6 nitrogen and oxygen atoms in total. The minimum Gasteiger partial charge on any atom is -0.353 e. The highest BCUT2D eigenvalue weighted by molar-refractivity contribution is 8.14. The maximum absolute atomic E-state index is 12.8. The highest BCUT2D eigenvalue weighted by Gasteiger charge is 2.42. The van der Waals surface area contributed by atoms with E-state index in [-0.39, 0.29) is 23.6 Å². The predicted molar refractivity (Wildman–Crippen MR) is 112 cm³/mol. The Hall–Kier alpha value is -2.93. The molecule has 0 radical (unpaired) electrons. The van der Waals surface area contributed by atoms with Crippen molar-refractivity contribution in [2.24, 2.45) is 9.98 Å². The molecule has 0 saturated heterocycles. The van der Waals surface area contributed by atoms with Gasteiger partial charge in [-0.2, -0.15) is 4.99 Å². The van der Waals surface area contributed by atoms with E-state index in [1.54, 1.807) is 0 Å². The lowest BCUT2D eigenvalue weighted by atomic mass is 10.0. The van der Waals surface area contributed by atoms with E-state index in [1.165, 1.54) is 11.8 Å². The molecular weight excluding hydrogens is 372 g/mol. The molecule has 2 aromatic carbocycles. The fourth-order valence-corrected chi connectivity index (χ4v) is 4.12. The molecule has 1 atom stereocenters. The van der Waals surface area contributed by atoms with Crippen molar-refractivity contribution in [1.29, 1.82) is 0 Å². The smallest absolute Gasteiger partial charge is 0.275 e. The predicted octanol–water partition coefficient (Wildman–Crippen LogP) is 3.28. The Labute approximate surface area is 167 Å². The molecule has 1 unspecified atom stereocenters. The highest BCUT2D eigenvalue weighted by Crippen LogP contribution is 2.39. The van der Waals surface area contributed by atoms with Crippen LogP contribution in [-0.4, -0.2) is 39.5 Å². The number of nitrogens with one attached hydrogen (secondary N) is 1. The molecule has 142 valence electrons. The zero-order chi connectivity index (χ0) is 19.7. The average molecular weight is 392 g/mol. The summed E-state index contributed by atoms with van der Waals surface area (Å²) < 4.78 is 0. The van der Waals surface area contributed by atoms with Gasteiger partial charge in [0.2, 0.25) is 5.91 Å². The Balaban J connectivity index is 1.71. The van der Waals surface area contributed by atoms with Gasteiger partial charge in [0.05, 0.1) is 11.4 Å². The Kier molecular flexibility index (Phi) is 5.00. The van der Waals surface area contributed by atoms with E-state index in [9.17, 15) is 9.59 Å². The number of thioether (sulfide) groups is 1. The number of hydrogen-bond acceptors (Lipinski definition) is 5. The highest BCUT2D eigenvalue weighted by atomic mass is 32.2. The van der Waals surface area contributed by atoms with Crippen LogP contribution in [0.3, 0.4) is 0 Å². The Morgan fingerprint density at radius 2 is 1.82 bits per heavy atom. The van der Waals surface area contributed by atoms with E-state index in [2.05, 4.69) is 10.3 Å². The molecule has 0 fully saturated rings. The summed E-state index contributed by atoms with van der Waals surface area (Å²) in [4.78, 5) is 35.9. The molecule has 2 aromatic rings. The molecule has 2 amide bonds. The van der Waals surface area contributed by atoms with Crippen LogP contribution in [0.4, 0.5) is 5.69 Å². The number of aliphatic imine (C=N–C) groups is 2. The van der Waals surface area contributed by atoms with Gasteiger partial charge >= 0.3 is 0 Å². The third kappa shape index (κ3) is 3.45. The van der Waals surface area contributed by atoms with E-state index in [1.807, 2.05) is 73.3 Å². The maximum Gasteiger partial charge on any atom is 0.275 e. The fraction of sp³-hybridized carbons (Fsp3) is 0.238. The molecular formula is C21H20N4O2S. The minimum atomic E-state index is -0.566. The average Bonchev–Trinajstić information content (AvgIpc) is 3.03. The third-order valence-corrected chi connectivity index (χ3v) is 5.35. The number of hydrogen-bond donors (Lipinski definition) is 1. The quantitative estimate of drug-likeness (QED) is 0.867. The largest absolute Gasteiger partial charge is 0.353 e. The first-order valence-corrected chi connectivity index (χ1v) is 10.1. The monoisotopic (exact) mass is 392 g/mol. The van der Waals surface area contributed by atoms with Crippen LogP contribution in [-0.2, 0) is 9.59 Å². The molecule has 0 saturated carbocycles. The number of rotatable bonds is 4. The van der Waals surface area contributed by atoms with Crippen molar-refractivity contribution in [3.63, 3.8) is 0 Å². The van der Waals surface area contributed by atoms with Crippen molar-refractivity contribution in [2.75, 3.05) is 5.75 Å². The lowest BCUT2D eigenvalue weighted by Gasteiger charge is -2.31. The zero-order valence-electron chi connectivity index (χ0n) is 15.6. The van der Waals surface area contributed by atoms with Gasteiger partial charge in [0.1, 0.15) is 11.9 Å². The molecule has 4 rings (SSSR count). The van der Waals surface area contributed by atoms with Crippen molar-refractivity contribution in [3.8, 4) is 0 Å². The Bertz CT molecular complexity index is 985. The fourth-order valence-electron chi connectivity index (χ4n) is 3.28. The molecule has 2 aliphatic heterocycles. The van der Waals surface area contributed by atoms with Gasteiger partial charge in [-0.3, -0.25) is 14.5 Å². The van der Waals surface area contributed by atoms with Crippen LogP contribution < -0.4 is 5.32 Å². The SMILES string of the molecule is CC(C)NC(=O)CSC1=Nc2ccccc2C2=NC(=O)C(c3ccccc3)N12. The summed E-state index contributed by atoms with van der Waals surface area (Å²) in [5.41, 5.74) is 2.43. The summed E-state index contributed by atoms with van der Waals surface area (Å²) in [5.74, 6) is 0.523. The van der Waals surface area contributed by atoms with Gasteiger partial charge in [-0.1, -0.05) is 54.2 Å².